The van der Waals surface area contributed by atoms with Crippen LogP contribution >= 0.6 is 0 Å². The Morgan fingerprint density at radius 3 is 2.70 bits per heavy atom. The molecule has 0 radical (unpaired) electrons. The molecule has 2 aromatic heterocycles. The van der Waals surface area contributed by atoms with E-state index in [1.807, 2.05) is 36.4 Å². The van der Waals surface area contributed by atoms with Gasteiger partial charge in [-0.1, -0.05) is 12.1 Å². The Morgan fingerprint density at radius 1 is 1.00 bits per heavy atom. The number of aromatic amines is 1. The second-order valence-electron chi connectivity index (χ2n) is 7.02. The number of hydrogen-bond acceptors (Lipinski definition) is 6. The first-order chi connectivity index (χ1) is 14.8. The number of amides is 1. The van der Waals surface area contributed by atoms with Gasteiger partial charge in [-0.25, -0.2) is 9.97 Å². The number of benzene rings is 2. The van der Waals surface area contributed by atoms with E-state index in [1.165, 1.54) is 6.33 Å². The third kappa shape index (κ3) is 3.67. The first-order valence-corrected chi connectivity index (χ1v) is 9.68. The fraction of sp³-hybridized carbons (Fsp3) is 0.182. The minimum Gasteiger partial charge on any atom is -0.490 e. The quantitative estimate of drug-likeness (QED) is 0.544. The van der Waals surface area contributed by atoms with Crippen molar-refractivity contribution in [2.24, 2.45) is 0 Å². The fourth-order valence-corrected chi connectivity index (χ4v) is 3.42. The van der Waals surface area contributed by atoms with E-state index < -0.39 is 0 Å². The molecule has 1 amide bonds. The van der Waals surface area contributed by atoms with Gasteiger partial charge in [0.1, 0.15) is 6.33 Å². The van der Waals surface area contributed by atoms with Crippen LogP contribution in [0.25, 0.3) is 22.0 Å². The zero-order valence-electron chi connectivity index (χ0n) is 16.1. The number of nitrogens with one attached hydrogen (secondary N) is 2. The third-order valence-electron chi connectivity index (χ3n) is 4.89. The van der Waals surface area contributed by atoms with E-state index in [4.69, 9.17) is 9.47 Å². The zero-order chi connectivity index (χ0) is 20.3. The lowest BCUT2D eigenvalue weighted by atomic mass is 10.1. The van der Waals surface area contributed by atoms with Gasteiger partial charge >= 0.3 is 0 Å². The van der Waals surface area contributed by atoms with E-state index >= 15 is 0 Å². The second-order valence-corrected chi connectivity index (χ2v) is 7.02. The van der Waals surface area contributed by atoms with Crippen LogP contribution in [0.4, 0.5) is 5.82 Å². The van der Waals surface area contributed by atoms with Crippen LogP contribution in [0.1, 0.15) is 12.0 Å². The van der Waals surface area contributed by atoms with E-state index in [1.54, 1.807) is 12.4 Å². The van der Waals surface area contributed by atoms with Crippen molar-refractivity contribution in [3.05, 3.63) is 60.7 Å². The standard InChI is InChI=1S/C22H19N5O3/c28-21(9-14-2-5-19-20(8-14)30-7-1-6-29-19)25-22-17-10-15(3-4-18(17)26-27-22)16-11-23-13-24-12-16/h2-5,8,10-13H,1,6-7,9H2,(H2,25,26,27,28). The molecule has 0 bridgehead atoms. The van der Waals surface area contributed by atoms with Gasteiger partial charge in [-0.3, -0.25) is 9.89 Å². The van der Waals surface area contributed by atoms with E-state index in [2.05, 4.69) is 25.5 Å². The van der Waals surface area contributed by atoms with Gasteiger partial charge in [0.25, 0.3) is 0 Å². The molecule has 0 aliphatic carbocycles. The maximum absolute atomic E-state index is 12.7. The summed E-state index contributed by atoms with van der Waals surface area (Å²) in [6, 6.07) is 11.4. The van der Waals surface area contributed by atoms with E-state index in [-0.39, 0.29) is 12.3 Å². The lowest BCUT2D eigenvalue weighted by Crippen LogP contribution is -2.15. The number of ether oxygens (including phenoxy) is 2. The van der Waals surface area contributed by atoms with Gasteiger partial charge in [0.2, 0.25) is 5.91 Å². The van der Waals surface area contributed by atoms with Crippen LogP contribution in [-0.4, -0.2) is 39.3 Å². The number of hydrogen-bond donors (Lipinski definition) is 2. The van der Waals surface area contributed by atoms with Gasteiger partial charge in [-0.05, 0) is 35.4 Å². The lowest BCUT2D eigenvalue weighted by Gasteiger charge is -2.09. The third-order valence-corrected chi connectivity index (χ3v) is 4.89. The van der Waals surface area contributed by atoms with Gasteiger partial charge in [0, 0.05) is 29.8 Å². The maximum atomic E-state index is 12.7. The molecule has 0 atom stereocenters. The van der Waals surface area contributed by atoms with Gasteiger partial charge in [-0.15, -0.1) is 0 Å². The highest BCUT2D eigenvalue weighted by Crippen LogP contribution is 2.31. The molecule has 0 spiro atoms. The molecule has 30 heavy (non-hydrogen) atoms. The van der Waals surface area contributed by atoms with Crippen LogP contribution in [0.15, 0.2) is 55.1 Å². The van der Waals surface area contributed by atoms with Crippen molar-refractivity contribution in [2.75, 3.05) is 18.5 Å². The summed E-state index contributed by atoms with van der Waals surface area (Å²) in [5.41, 5.74) is 3.52. The van der Waals surface area contributed by atoms with Crippen molar-refractivity contribution < 1.29 is 14.3 Å². The molecule has 0 saturated carbocycles. The van der Waals surface area contributed by atoms with Crippen molar-refractivity contribution in [2.45, 2.75) is 12.8 Å². The highest BCUT2D eigenvalue weighted by molar-refractivity contribution is 6.01. The minimum atomic E-state index is -0.161. The molecule has 1 aliphatic rings. The van der Waals surface area contributed by atoms with Gasteiger partial charge in [-0.2, -0.15) is 5.10 Å². The highest BCUT2D eigenvalue weighted by Gasteiger charge is 2.14. The van der Waals surface area contributed by atoms with Crippen molar-refractivity contribution in [1.82, 2.24) is 20.2 Å². The van der Waals surface area contributed by atoms with E-state index in [0.717, 1.165) is 34.0 Å². The molecule has 150 valence electrons. The molecule has 1 aliphatic heterocycles. The Hall–Kier alpha value is -3.94. The summed E-state index contributed by atoms with van der Waals surface area (Å²) in [7, 11) is 0. The molecular weight excluding hydrogens is 382 g/mol. The number of anilines is 1. The first-order valence-electron chi connectivity index (χ1n) is 9.68. The summed E-state index contributed by atoms with van der Waals surface area (Å²) >= 11 is 0. The Bertz CT molecular complexity index is 1210. The average Bonchev–Trinajstić information content (AvgIpc) is 3.01. The molecule has 0 saturated heterocycles. The monoisotopic (exact) mass is 401 g/mol. The first kappa shape index (κ1) is 18.1. The van der Waals surface area contributed by atoms with Crippen LogP contribution in [-0.2, 0) is 11.2 Å². The largest absolute Gasteiger partial charge is 0.490 e. The molecule has 2 N–H and O–H groups in total. The van der Waals surface area contributed by atoms with Crippen molar-refractivity contribution >= 4 is 22.6 Å². The molecule has 2 aromatic carbocycles. The molecule has 0 unspecified atom stereocenters. The predicted molar refractivity (Wildman–Crippen MR) is 112 cm³/mol. The molecule has 3 heterocycles. The highest BCUT2D eigenvalue weighted by atomic mass is 16.5. The molecule has 0 fully saturated rings. The normalized spacial score (nSPS) is 13.1. The number of rotatable bonds is 4. The second kappa shape index (κ2) is 7.82. The number of nitrogens with zero attached hydrogens (tertiary/aromatic N) is 3. The van der Waals surface area contributed by atoms with Crippen molar-refractivity contribution in [1.29, 1.82) is 0 Å². The Balaban J connectivity index is 1.35. The van der Waals surface area contributed by atoms with Gasteiger partial charge in [0.15, 0.2) is 17.3 Å². The average molecular weight is 401 g/mol. The maximum Gasteiger partial charge on any atom is 0.230 e. The smallest absolute Gasteiger partial charge is 0.230 e. The number of H-pyrrole nitrogens is 1. The SMILES string of the molecule is O=C(Cc1ccc2c(c1)OCCCO2)Nc1n[nH]c2ccc(-c3cncnc3)cc12. The predicted octanol–water partition coefficient (Wildman–Crippen LogP) is 3.36. The molecule has 5 rings (SSSR count). The summed E-state index contributed by atoms with van der Waals surface area (Å²) in [5.74, 6) is 1.72. The van der Waals surface area contributed by atoms with Crippen molar-refractivity contribution in [3.63, 3.8) is 0 Å². The van der Waals surface area contributed by atoms with Crippen LogP contribution in [0, 0.1) is 0 Å². The summed E-state index contributed by atoms with van der Waals surface area (Å²) in [5, 5.41) is 10.9. The van der Waals surface area contributed by atoms with Gasteiger partial charge in [0.05, 0.1) is 25.2 Å². The molecule has 8 heteroatoms. The van der Waals surface area contributed by atoms with Crippen LogP contribution in [0.2, 0.25) is 0 Å². The molecule has 8 nitrogen and oxygen atoms in total. The number of aromatic nitrogens is 4. The van der Waals surface area contributed by atoms with Gasteiger partial charge < -0.3 is 14.8 Å². The topological polar surface area (TPSA) is 102 Å². The Labute approximate surface area is 172 Å². The summed E-state index contributed by atoms with van der Waals surface area (Å²) < 4.78 is 11.3. The number of carbonyl (C=O) groups is 1. The lowest BCUT2D eigenvalue weighted by molar-refractivity contribution is -0.115. The summed E-state index contributed by atoms with van der Waals surface area (Å²) in [6.07, 6.45) is 6.03. The van der Waals surface area contributed by atoms with Crippen LogP contribution in [0.3, 0.4) is 0 Å². The summed E-state index contributed by atoms with van der Waals surface area (Å²) in [4.78, 5) is 20.8. The Kier molecular flexibility index (Phi) is 4.72. The molecule has 4 aromatic rings. The van der Waals surface area contributed by atoms with Crippen LogP contribution < -0.4 is 14.8 Å². The fourth-order valence-electron chi connectivity index (χ4n) is 3.42. The molecular formula is C22H19N5O3. The number of carbonyl (C=O) groups excluding carboxylic acids is 1. The van der Waals surface area contributed by atoms with E-state index in [9.17, 15) is 4.79 Å². The minimum absolute atomic E-state index is 0.161. The Morgan fingerprint density at radius 2 is 1.83 bits per heavy atom. The van der Waals surface area contributed by atoms with Crippen LogP contribution in [0.5, 0.6) is 11.5 Å². The van der Waals surface area contributed by atoms with Crippen molar-refractivity contribution in [3.8, 4) is 22.6 Å². The number of fused-ring (bicyclic) bond motifs is 2. The zero-order valence-corrected chi connectivity index (χ0v) is 16.1. The van der Waals surface area contributed by atoms with E-state index in [0.29, 0.717) is 30.5 Å². The summed E-state index contributed by atoms with van der Waals surface area (Å²) in [6.45, 7) is 1.24.